The number of nitriles is 2. The van der Waals surface area contributed by atoms with Crippen LogP contribution in [-0.2, 0) is 0 Å². The molecule has 0 N–H and O–H groups in total. The van der Waals surface area contributed by atoms with Crippen LogP contribution in [0.25, 0.3) is 0 Å². The lowest BCUT2D eigenvalue weighted by molar-refractivity contribution is 1.38. The monoisotopic (exact) mass is 362 g/mol. The molecule has 1 aromatic rings. The standard InChI is InChI=1S/C8HBr3N2/c9-6-1-7(10)5(3-13)8(11)4(6)2-12/h1H. The van der Waals surface area contributed by atoms with Gasteiger partial charge in [-0.2, -0.15) is 10.5 Å². The van der Waals surface area contributed by atoms with Crippen LogP contribution in [0.5, 0.6) is 0 Å². The van der Waals surface area contributed by atoms with E-state index in [4.69, 9.17) is 10.5 Å². The van der Waals surface area contributed by atoms with E-state index in [1.807, 2.05) is 12.1 Å². The summed E-state index contributed by atoms with van der Waals surface area (Å²) >= 11 is 9.66. The number of benzene rings is 1. The smallest absolute Gasteiger partial charge is 0.102 e. The lowest BCUT2D eigenvalue weighted by atomic mass is 10.1. The van der Waals surface area contributed by atoms with E-state index in [2.05, 4.69) is 47.8 Å². The highest BCUT2D eigenvalue weighted by Crippen LogP contribution is 2.33. The first-order chi connectivity index (χ1) is 6.11. The van der Waals surface area contributed by atoms with Gasteiger partial charge in [0.2, 0.25) is 0 Å². The summed E-state index contributed by atoms with van der Waals surface area (Å²) in [6, 6.07) is 5.68. The van der Waals surface area contributed by atoms with Crippen LogP contribution < -0.4 is 0 Å². The molecular weight excluding hydrogens is 364 g/mol. The quantitative estimate of drug-likeness (QED) is 0.704. The van der Waals surface area contributed by atoms with Gasteiger partial charge in [0.15, 0.2) is 0 Å². The second-order valence-corrected chi connectivity index (χ2v) is 4.63. The van der Waals surface area contributed by atoms with Crippen molar-refractivity contribution >= 4 is 47.8 Å². The predicted octanol–water partition coefficient (Wildman–Crippen LogP) is 3.72. The minimum absolute atomic E-state index is 0.430. The first kappa shape index (κ1) is 10.7. The molecule has 0 aliphatic rings. The van der Waals surface area contributed by atoms with Crippen molar-refractivity contribution in [3.8, 4) is 12.1 Å². The molecule has 1 rings (SSSR count). The molecule has 0 fully saturated rings. The molecule has 0 saturated heterocycles. The molecule has 0 saturated carbocycles. The van der Waals surface area contributed by atoms with Gasteiger partial charge in [0.25, 0.3) is 0 Å². The molecule has 0 unspecified atom stereocenters. The van der Waals surface area contributed by atoms with Crippen LogP contribution in [0.4, 0.5) is 0 Å². The van der Waals surface area contributed by atoms with Crippen LogP contribution in [0, 0.1) is 22.7 Å². The van der Waals surface area contributed by atoms with E-state index in [0.29, 0.717) is 24.5 Å². The van der Waals surface area contributed by atoms with E-state index in [0.717, 1.165) is 0 Å². The molecule has 1 aromatic carbocycles. The van der Waals surface area contributed by atoms with Gasteiger partial charge in [0.05, 0.1) is 15.6 Å². The predicted molar refractivity (Wildman–Crippen MR) is 59.0 cm³/mol. The maximum Gasteiger partial charge on any atom is 0.102 e. The third-order valence-corrected chi connectivity index (χ3v) is 3.44. The molecular formula is C8HBr3N2. The van der Waals surface area contributed by atoms with Gasteiger partial charge in [-0.3, -0.25) is 0 Å². The van der Waals surface area contributed by atoms with E-state index in [9.17, 15) is 0 Å². The summed E-state index contributed by atoms with van der Waals surface area (Å²) in [5, 5.41) is 17.6. The van der Waals surface area contributed by atoms with Crippen LogP contribution in [0.15, 0.2) is 19.5 Å². The molecule has 0 spiro atoms. The summed E-state index contributed by atoms with van der Waals surface area (Å²) in [4.78, 5) is 0. The van der Waals surface area contributed by atoms with Crippen LogP contribution >= 0.6 is 47.8 Å². The average Bonchev–Trinajstić information content (AvgIpc) is 2.04. The topological polar surface area (TPSA) is 47.6 Å². The number of hydrogen-bond donors (Lipinski definition) is 0. The van der Waals surface area contributed by atoms with E-state index >= 15 is 0 Å². The second kappa shape index (κ2) is 4.23. The summed E-state index contributed by atoms with van der Waals surface area (Å²) in [7, 11) is 0. The van der Waals surface area contributed by atoms with Crippen molar-refractivity contribution in [2.75, 3.05) is 0 Å². The first-order valence-corrected chi connectivity index (χ1v) is 5.47. The zero-order valence-corrected chi connectivity index (χ0v) is 10.9. The fraction of sp³-hybridized carbons (Fsp3) is 0. The normalized spacial score (nSPS) is 9.00. The molecule has 13 heavy (non-hydrogen) atoms. The Hall–Kier alpha value is -0.360. The van der Waals surface area contributed by atoms with Gasteiger partial charge in [-0.15, -0.1) is 0 Å². The Kier molecular flexibility index (Phi) is 3.49. The maximum atomic E-state index is 8.78. The largest absolute Gasteiger partial charge is 0.192 e. The zero-order chi connectivity index (χ0) is 10.0. The van der Waals surface area contributed by atoms with Crippen molar-refractivity contribution in [1.29, 1.82) is 10.5 Å². The molecule has 0 bridgehead atoms. The van der Waals surface area contributed by atoms with Gasteiger partial charge in [0.1, 0.15) is 12.1 Å². The molecule has 0 heterocycles. The molecule has 0 aromatic heterocycles. The highest BCUT2D eigenvalue weighted by atomic mass is 79.9. The minimum Gasteiger partial charge on any atom is -0.192 e. The summed E-state index contributed by atoms with van der Waals surface area (Å²) in [5.41, 5.74) is 0.861. The summed E-state index contributed by atoms with van der Waals surface area (Å²) in [6.07, 6.45) is 0. The van der Waals surface area contributed by atoms with Gasteiger partial charge in [-0.1, -0.05) is 0 Å². The SMILES string of the molecule is N#Cc1c(Br)cc(Br)c(C#N)c1Br. The Balaban J connectivity index is 3.63. The number of hydrogen-bond acceptors (Lipinski definition) is 2. The first-order valence-electron chi connectivity index (χ1n) is 3.09. The molecule has 0 atom stereocenters. The van der Waals surface area contributed by atoms with Gasteiger partial charge in [-0.05, 0) is 53.9 Å². The zero-order valence-electron chi connectivity index (χ0n) is 6.11. The van der Waals surface area contributed by atoms with E-state index < -0.39 is 0 Å². The summed E-state index contributed by atoms with van der Waals surface area (Å²) in [5.74, 6) is 0. The van der Waals surface area contributed by atoms with E-state index in [1.54, 1.807) is 6.07 Å². The van der Waals surface area contributed by atoms with Crippen molar-refractivity contribution in [3.05, 3.63) is 30.6 Å². The van der Waals surface area contributed by atoms with Gasteiger partial charge in [-0.25, -0.2) is 0 Å². The highest BCUT2D eigenvalue weighted by molar-refractivity contribution is 9.11. The van der Waals surface area contributed by atoms with Crippen LogP contribution in [0.3, 0.4) is 0 Å². The minimum atomic E-state index is 0.430. The molecule has 0 radical (unpaired) electrons. The molecule has 64 valence electrons. The number of halogens is 3. The molecule has 5 heteroatoms. The van der Waals surface area contributed by atoms with Crippen molar-refractivity contribution in [1.82, 2.24) is 0 Å². The third-order valence-electron chi connectivity index (χ3n) is 1.39. The summed E-state index contributed by atoms with van der Waals surface area (Å²) < 4.78 is 1.83. The van der Waals surface area contributed by atoms with E-state index in [-0.39, 0.29) is 0 Å². The molecule has 0 aliphatic heterocycles. The summed E-state index contributed by atoms with van der Waals surface area (Å²) in [6.45, 7) is 0. The van der Waals surface area contributed by atoms with Gasteiger partial charge >= 0.3 is 0 Å². The van der Waals surface area contributed by atoms with Crippen molar-refractivity contribution in [3.63, 3.8) is 0 Å². The molecule has 2 nitrogen and oxygen atoms in total. The highest BCUT2D eigenvalue weighted by Gasteiger charge is 2.12. The maximum absolute atomic E-state index is 8.78. The van der Waals surface area contributed by atoms with Gasteiger partial charge < -0.3 is 0 Å². The fourth-order valence-corrected chi connectivity index (χ4v) is 3.27. The fourth-order valence-electron chi connectivity index (χ4n) is 0.795. The van der Waals surface area contributed by atoms with Crippen molar-refractivity contribution in [2.24, 2.45) is 0 Å². The van der Waals surface area contributed by atoms with Crippen LogP contribution in [0.2, 0.25) is 0 Å². The van der Waals surface area contributed by atoms with Crippen LogP contribution in [0.1, 0.15) is 11.1 Å². The van der Waals surface area contributed by atoms with E-state index in [1.165, 1.54) is 0 Å². The van der Waals surface area contributed by atoms with Gasteiger partial charge in [0, 0.05) is 8.95 Å². The number of rotatable bonds is 0. The Labute approximate surface area is 101 Å². The molecule has 0 aliphatic carbocycles. The average molecular weight is 365 g/mol. The van der Waals surface area contributed by atoms with Crippen LogP contribution in [-0.4, -0.2) is 0 Å². The van der Waals surface area contributed by atoms with Crippen molar-refractivity contribution in [2.45, 2.75) is 0 Å². The Morgan fingerprint density at radius 1 is 0.923 bits per heavy atom. The Morgan fingerprint density at radius 3 is 1.62 bits per heavy atom. The lowest BCUT2D eigenvalue weighted by Crippen LogP contribution is -1.87. The van der Waals surface area contributed by atoms with Crippen molar-refractivity contribution < 1.29 is 0 Å². The lowest BCUT2D eigenvalue weighted by Gasteiger charge is -2.03. The number of nitrogens with zero attached hydrogens (tertiary/aromatic N) is 2. The Bertz CT molecular complexity index is 402. The second-order valence-electron chi connectivity index (χ2n) is 2.13. The third kappa shape index (κ3) is 1.94. The molecule has 0 amide bonds. The Morgan fingerprint density at radius 2 is 1.31 bits per heavy atom.